The molecule has 1 saturated heterocycles. The molecule has 0 amide bonds. The number of hydrogen-bond donors (Lipinski definition) is 1. The lowest BCUT2D eigenvalue weighted by molar-refractivity contribution is -0.149. The second-order valence-electron chi connectivity index (χ2n) is 6.30. The standard InChI is InChI=1S/C14H29N3O2/c1-7-15-14(4,12(18)19-6)11-17-9-8-16(5)13(2,3)10-17/h15H,7-11H2,1-6H3. The molecule has 1 rings (SSSR count). The Kier molecular flexibility index (Phi) is 5.35. The van der Waals surface area contributed by atoms with Crippen LogP contribution in [0.5, 0.6) is 0 Å². The second kappa shape index (κ2) is 6.20. The fourth-order valence-electron chi connectivity index (χ4n) is 2.73. The Morgan fingerprint density at radius 3 is 2.53 bits per heavy atom. The number of piperazine rings is 1. The SMILES string of the molecule is CCNC(C)(CN1CCN(C)C(C)(C)C1)C(=O)OC. The molecule has 1 aliphatic rings. The van der Waals surface area contributed by atoms with Crippen molar-refractivity contribution in [1.29, 1.82) is 0 Å². The molecule has 0 aliphatic carbocycles. The van der Waals surface area contributed by atoms with Gasteiger partial charge in [0, 0.05) is 31.7 Å². The van der Waals surface area contributed by atoms with Gasteiger partial charge in [-0.25, -0.2) is 0 Å². The van der Waals surface area contributed by atoms with E-state index in [1.165, 1.54) is 7.11 Å². The molecule has 0 aromatic heterocycles. The Morgan fingerprint density at radius 1 is 1.42 bits per heavy atom. The normalized spacial score (nSPS) is 23.9. The minimum Gasteiger partial charge on any atom is -0.468 e. The fraction of sp³-hybridized carbons (Fsp3) is 0.929. The molecule has 1 fully saturated rings. The van der Waals surface area contributed by atoms with Crippen LogP contribution >= 0.6 is 0 Å². The Bertz CT molecular complexity index is 320. The molecule has 1 unspecified atom stereocenters. The van der Waals surface area contributed by atoms with E-state index in [-0.39, 0.29) is 11.5 Å². The van der Waals surface area contributed by atoms with Crippen LogP contribution in [0.4, 0.5) is 0 Å². The second-order valence-corrected chi connectivity index (χ2v) is 6.30. The van der Waals surface area contributed by atoms with Gasteiger partial charge in [-0.05, 0) is 34.4 Å². The highest BCUT2D eigenvalue weighted by atomic mass is 16.5. The van der Waals surface area contributed by atoms with E-state index in [2.05, 4.69) is 36.0 Å². The van der Waals surface area contributed by atoms with Crippen LogP contribution in [0, 0.1) is 0 Å². The van der Waals surface area contributed by atoms with Gasteiger partial charge in [-0.1, -0.05) is 6.92 Å². The van der Waals surface area contributed by atoms with Gasteiger partial charge in [0.15, 0.2) is 0 Å². The summed E-state index contributed by atoms with van der Waals surface area (Å²) in [5.74, 6) is -0.189. The Balaban J connectivity index is 2.73. The topological polar surface area (TPSA) is 44.8 Å². The lowest BCUT2D eigenvalue weighted by atomic mass is 9.96. The first-order valence-corrected chi connectivity index (χ1v) is 7.02. The van der Waals surface area contributed by atoms with Crippen molar-refractivity contribution in [3.8, 4) is 0 Å². The van der Waals surface area contributed by atoms with Gasteiger partial charge in [0.2, 0.25) is 0 Å². The number of likely N-dealkylation sites (N-methyl/N-ethyl adjacent to an activating group) is 2. The van der Waals surface area contributed by atoms with Gasteiger partial charge in [0.25, 0.3) is 0 Å². The third kappa shape index (κ3) is 3.91. The molecule has 19 heavy (non-hydrogen) atoms. The number of rotatable bonds is 5. The predicted molar refractivity (Wildman–Crippen MR) is 77.2 cm³/mol. The van der Waals surface area contributed by atoms with Crippen molar-refractivity contribution in [2.75, 3.05) is 46.9 Å². The number of esters is 1. The van der Waals surface area contributed by atoms with Gasteiger partial charge < -0.3 is 10.1 Å². The molecule has 0 saturated carbocycles. The summed E-state index contributed by atoms with van der Waals surface area (Å²) in [6.07, 6.45) is 0. The average molecular weight is 271 g/mol. The minimum absolute atomic E-state index is 0.140. The monoisotopic (exact) mass is 271 g/mol. The van der Waals surface area contributed by atoms with Gasteiger partial charge in [-0.2, -0.15) is 0 Å². The highest BCUT2D eigenvalue weighted by Gasteiger charge is 2.39. The molecule has 0 bridgehead atoms. The van der Waals surface area contributed by atoms with Crippen molar-refractivity contribution < 1.29 is 9.53 Å². The summed E-state index contributed by atoms with van der Waals surface area (Å²) >= 11 is 0. The molecule has 112 valence electrons. The van der Waals surface area contributed by atoms with E-state index in [4.69, 9.17) is 4.74 Å². The number of ether oxygens (including phenoxy) is 1. The van der Waals surface area contributed by atoms with Crippen molar-refractivity contribution in [2.24, 2.45) is 0 Å². The zero-order valence-electron chi connectivity index (χ0n) is 13.2. The van der Waals surface area contributed by atoms with Gasteiger partial charge in [-0.3, -0.25) is 14.6 Å². The predicted octanol–water partition coefficient (Wildman–Crippen LogP) is 0.554. The van der Waals surface area contributed by atoms with Crippen molar-refractivity contribution in [3.63, 3.8) is 0 Å². The fourth-order valence-corrected chi connectivity index (χ4v) is 2.73. The number of carbonyl (C=O) groups is 1. The van der Waals surface area contributed by atoms with Crippen molar-refractivity contribution in [1.82, 2.24) is 15.1 Å². The molecule has 0 aromatic rings. The molecule has 0 radical (unpaired) electrons. The van der Waals surface area contributed by atoms with E-state index < -0.39 is 5.54 Å². The summed E-state index contributed by atoms with van der Waals surface area (Å²) in [6.45, 7) is 12.8. The van der Waals surface area contributed by atoms with Crippen LogP contribution in [0.1, 0.15) is 27.7 Å². The summed E-state index contributed by atoms with van der Waals surface area (Å²) in [6, 6.07) is 0. The van der Waals surface area contributed by atoms with Gasteiger partial charge >= 0.3 is 5.97 Å². The first-order chi connectivity index (χ1) is 8.75. The third-order valence-corrected chi connectivity index (χ3v) is 4.14. The van der Waals surface area contributed by atoms with Crippen molar-refractivity contribution >= 4 is 5.97 Å². The van der Waals surface area contributed by atoms with Crippen LogP contribution in [0.25, 0.3) is 0 Å². The number of carbonyl (C=O) groups excluding carboxylic acids is 1. The molecule has 0 aromatic carbocycles. The summed E-state index contributed by atoms with van der Waals surface area (Å²) in [5, 5.41) is 3.27. The van der Waals surface area contributed by atoms with E-state index in [9.17, 15) is 4.79 Å². The number of hydrogen-bond acceptors (Lipinski definition) is 5. The highest BCUT2D eigenvalue weighted by molar-refractivity contribution is 5.80. The zero-order chi connectivity index (χ0) is 14.7. The largest absolute Gasteiger partial charge is 0.468 e. The maximum atomic E-state index is 12.0. The van der Waals surface area contributed by atoms with Crippen LogP contribution in [0.3, 0.4) is 0 Å². The number of methoxy groups -OCH3 is 1. The van der Waals surface area contributed by atoms with Crippen LogP contribution in [-0.4, -0.2) is 73.7 Å². The Hall–Kier alpha value is -0.650. The molecular formula is C14H29N3O2. The number of nitrogens with zero attached hydrogens (tertiary/aromatic N) is 2. The van der Waals surface area contributed by atoms with Crippen molar-refractivity contribution in [3.05, 3.63) is 0 Å². The lowest BCUT2D eigenvalue weighted by Gasteiger charge is -2.47. The Labute approximate surface area is 117 Å². The summed E-state index contributed by atoms with van der Waals surface area (Å²) in [5.41, 5.74) is -0.489. The van der Waals surface area contributed by atoms with Crippen LogP contribution in [-0.2, 0) is 9.53 Å². The van der Waals surface area contributed by atoms with Gasteiger partial charge in [0.05, 0.1) is 7.11 Å². The molecule has 1 atom stereocenters. The smallest absolute Gasteiger partial charge is 0.327 e. The van der Waals surface area contributed by atoms with Gasteiger partial charge in [0.1, 0.15) is 5.54 Å². The third-order valence-electron chi connectivity index (χ3n) is 4.14. The molecule has 1 aliphatic heterocycles. The summed E-state index contributed by atoms with van der Waals surface area (Å²) in [7, 11) is 3.60. The van der Waals surface area contributed by atoms with Crippen LogP contribution in [0.2, 0.25) is 0 Å². The molecule has 5 heteroatoms. The molecular weight excluding hydrogens is 242 g/mol. The quantitative estimate of drug-likeness (QED) is 0.740. The highest BCUT2D eigenvalue weighted by Crippen LogP contribution is 2.21. The van der Waals surface area contributed by atoms with Crippen LogP contribution < -0.4 is 5.32 Å². The summed E-state index contributed by atoms with van der Waals surface area (Å²) in [4.78, 5) is 16.7. The molecule has 1 heterocycles. The Morgan fingerprint density at radius 2 is 2.05 bits per heavy atom. The van der Waals surface area contributed by atoms with Gasteiger partial charge in [-0.15, -0.1) is 0 Å². The first kappa shape index (κ1) is 16.4. The zero-order valence-corrected chi connectivity index (χ0v) is 13.2. The van der Waals surface area contributed by atoms with E-state index >= 15 is 0 Å². The summed E-state index contributed by atoms with van der Waals surface area (Å²) < 4.78 is 4.94. The minimum atomic E-state index is -0.629. The van der Waals surface area contributed by atoms with E-state index in [1.54, 1.807) is 0 Å². The molecule has 5 nitrogen and oxygen atoms in total. The lowest BCUT2D eigenvalue weighted by Crippen LogP contribution is -2.63. The average Bonchev–Trinajstić information content (AvgIpc) is 2.32. The number of nitrogens with one attached hydrogen (secondary N) is 1. The van der Waals surface area contributed by atoms with Crippen molar-refractivity contribution in [2.45, 2.75) is 38.8 Å². The van der Waals surface area contributed by atoms with E-state index in [1.807, 2.05) is 13.8 Å². The molecule has 1 N–H and O–H groups in total. The molecule has 0 spiro atoms. The van der Waals surface area contributed by atoms with Crippen LogP contribution in [0.15, 0.2) is 0 Å². The maximum Gasteiger partial charge on any atom is 0.327 e. The first-order valence-electron chi connectivity index (χ1n) is 7.02. The van der Waals surface area contributed by atoms with E-state index in [0.29, 0.717) is 6.54 Å². The maximum absolute atomic E-state index is 12.0. The van der Waals surface area contributed by atoms with E-state index in [0.717, 1.165) is 26.2 Å².